The number of carboxylic acids is 1. The number of amides is 1. The summed E-state index contributed by atoms with van der Waals surface area (Å²) in [5, 5.41) is 13.7. The average Bonchev–Trinajstić information content (AvgIpc) is 2.07. The van der Waals surface area contributed by atoms with Crippen molar-refractivity contribution in [3.8, 4) is 0 Å². The quantitative estimate of drug-likeness (QED) is 0.692. The first-order valence-electron chi connectivity index (χ1n) is 4.14. The van der Waals surface area contributed by atoms with E-state index in [0.29, 0.717) is 19.3 Å². The monoisotopic (exact) mass is 184 g/mol. The molecule has 0 aromatic heterocycles. The first-order valence-corrected chi connectivity index (χ1v) is 4.14. The van der Waals surface area contributed by atoms with Gasteiger partial charge in [-0.3, -0.25) is 9.59 Å². The Balaban J connectivity index is 2.47. The number of hydrazone groups is 1. The third-order valence-electron chi connectivity index (χ3n) is 1.91. The standard InChI is InChI=1S/C8H12N2O3/c1-10-7(11)4-2-6(9-10)3-5-8(12)13/h2-5H2,1H3,(H,12,13). The summed E-state index contributed by atoms with van der Waals surface area (Å²) in [5.74, 6) is -0.846. The fourth-order valence-electron chi connectivity index (χ4n) is 1.16. The molecule has 1 N–H and O–H groups in total. The second-order valence-electron chi connectivity index (χ2n) is 2.98. The van der Waals surface area contributed by atoms with Gasteiger partial charge in [0.2, 0.25) is 5.91 Å². The maximum absolute atomic E-state index is 11.0. The van der Waals surface area contributed by atoms with Crippen molar-refractivity contribution < 1.29 is 14.7 Å². The molecule has 72 valence electrons. The lowest BCUT2D eigenvalue weighted by molar-refractivity contribution is -0.136. The molecule has 1 aliphatic heterocycles. The van der Waals surface area contributed by atoms with Crippen molar-refractivity contribution in [1.82, 2.24) is 5.01 Å². The molecular weight excluding hydrogens is 172 g/mol. The van der Waals surface area contributed by atoms with Gasteiger partial charge in [-0.05, 0) is 12.8 Å². The molecule has 0 bridgehead atoms. The number of aliphatic carboxylic acids is 1. The predicted octanol–water partition coefficient (Wildman–Crippen LogP) is 0.459. The molecule has 1 amide bonds. The van der Waals surface area contributed by atoms with Gasteiger partial charge in [-0.2, -0.15) is 5.10 Å². The van der Waals surface area contributed by atoms with E-state index < -0.39 is 5.97 Å². The van der Waals surface area contributed by atoms with Crippen LogP contribution >= 0.6 is 0 Å². The van der Waals surface area contributed by atoms with Crippen LogP contribution in [0.3, 0.4) is 0 Å². The highest BCUT2D eigenvalue weighted by Gasteiger charge is 2.16. The van der Waals surface area contributed by atoms with Gasteiger partial charge in [-0.1, -0.05) is 0 Å². The maximum Gasteiger partial charge on any atom is 0.303 e. The Morgan fingerprint density at radius 1 is 1.62 bits per heavy atom. The van der Waals surface area contributed by atoms with Gasteiger partial charge in [-0.15, -0.1) is 0 Å². The molecule has 1 rings (SSSR count). The molecule has 0 aromatic carbocycles. The van der Waals surface area contributed by atoms with E-state index in [1.165, 1.54) is 5.01 Å². The molecule has 0 aromatic rings. The fraction of sp³-hybridized carbons (Fsp3) is 0.625. The molecule has 0 unspecified atom stereocenters. The van der Waals surface area contributed by atoms with E-state index >= 15 is 0 Å². The normalized spacial score (nSPS) is 17.2. The number of rotatable bonds is 3. The van der Waals surface area contributed by atoms with Crippen LogP contribution < -0.4 is 0 Å². The highest BCUT2D eigenvalue weighted by Crippen LogP contribution is 2.10. The topological polar surface area (TPSA) is 70.0 Å². The summed E-state index contributed by atoms with van der Waals surface area (Å²) < 4.78 is 0. The summed E-state index contributed by atoms with van der Waals surface area (Å²) >= 11 is 0. The Morgan fingerprint density at radius 3 is 2.85 bits per heavy atom. The summed E-state index contributed by atoms with van der Waals surface area (Å²) in [6, 6.07) is 0. The van der Waals surface area contributed by atoms with Crippen LogP contribution in [-0.4, -0.2) is 34.8 Å². The van der Waals surface area contributed by atoms with Crippen molar-refractivity contribution in [1.29, 1.82) is 0 Å². The third-order valence-corrected chi connectivity index (χ3v) is 1.91. The molecule has 5 nitrogen and oxygen atoms in total. The van der Waals surface area contributed by atoms with Crippen LogP contribution in [0, 0.1) is 0 Å². The Kier molecular flexibility index (Phi) is 3.00. The van der Waals surface area contributed by atoms with Gasteiger partial charge in [0, 0.05) is 19.2 Å². The summed E-state index contributed by atoms with van der Waals surface area (Å²) in [5.41, 5.74) is 0.796. The van der Waals surface area contributed by atoms with Crippen molar-refractivity contribution in [2.45, 2.75) is 25.7 Å². The highest BCUT2D eigenvalue weighted by atomic mass is 16.4. The molecule has 1 heterocycles. The van der Waals surface area contributed by atoms with Gasteiger partial charge in [0.1, 0.15) is 0 Å². The largest absolute Gasteiger partial charge is 0.481 e. The fourth-order valence-corrected chi connectivity index (χ4v) is 1.16. The van der Waals surface area contributed by atoms with Gasteiger partial charge < -0.3 is 5.11 Å². The van der Waals surface area contributed by atoms with Gasteiger partial charge in [-0.25, -0.2) is 5.01 Å². The zero-order chi connectivity index (χ0) is 9.84. The maximum atomic E-state index is 11.0. The first kappa shape index (κ1) is 9.70. The third kappa shape index (κ3) is 2.85. The highest BCUT2D eigenvalue weighted by molar-refractivity contribution is 5.93. The van der Waals surface area contributed by atoms with Crippen LogP contribution in [-0.2, 0) is 9.59 Å². The van der Waals surface area contributed by atoms with Crippen LogP contribution in [0.2, 0.25) is 0 Å². The van der Waals surface area contributed by atoms with E-state index in [4.69, 9.17) is 5.11 Å². The van der Waals surface area contributed by atoms with Gasteiger partial charge in [0.05, 0.1) is 6.42 Å². The Hall–Kier alpha value is -1.39. The van der Waals surface area contributed by atoms with Gasteiger partial charge in [0.15, 0.2) is 0 Å². The molecule has 0 aliphatic carbocycles. The zero-order valence-electron chi connectivity index (χ0n) is 7.49. The molecule has 0 fully saturated rings. The van der Waals surface area contributed by atoms with Crippen LogP contribution in [0.4, 0.5) is 0 Å². The van der Waals surface area contributed by atoms with Gasteiger partial charge in [0.25, 0.3) is 0 Å². The predicted molar refractivity (Wildman–Crippen MR) is 46.3 cm³/mol. The van der Waals surface area contributed by atoms with E-state index in [-0.39, 0.29) is 12.3 Å². The molecule has 13 heavy (non-hydrogen) atoms. The molecule has 0 spiro atoms. The summed E-state index contributed by atoms with van der Waals surface area (Å²) in [6.07, 6.45) is 1.55. The zero-order valence-corrected chi connectivity index (χ0v) is 7.49. The van der Waals surface area contributed by atoms with Crippen LogP contribution in [0.15, 0.2) is 5.10 Å². The lowest BCUT2D eigenvalue weighted by atomic mass is 10.1. The van der Waals surface area contributed by atoms with Crippen LogP contribution in [0.5, 0.6) is 0 Å². The molecule has 0 radical (unpaired) electrons. The van der Waals surface area contributed by atoms with Crippen molar-refractivity contribution in [3.63, 3.8) is 0 Å². The summed E-state index contributed by atoms with van der Waals surface area (Å²) in [7, 11) is 1.59. The van der Waals surface area contributed by atoms with E-state index in [2.05, 4.69) is 5.10 Å². The second-order valence-corrected chi connectivity index (χ2v) is 2.98. The second kappa shape index (κ2) is 4.02. The van der Waals surface area contributed by atoms with E-state index in [0.717, 1.165) is 5.71 Å². The molecule has 0 saturated heterocycles. The molecule has 5 heteroatoms. The van der Waals surface area contributed by atoms with Crippen molar-refractivity contribution in [2.24, 2.45) is 5.10 Å². The molecule has 0 atom stereocenters. The first-order chi connectivity index (χ1) is 6.09. The minimum absolute atomic E-state index is 0.0147. The van der Waals surface area contributed by atoms with Crippen molar-refractivity contribution in [3.05, 3.63) is 0 Å². The lowest BCUT2D eigenvalue weighted by Crippen LogP contribution is -2.28. The number of hydrogen-bond acceptors (Lipinski definition) is 3. The molecule has 1 aliphatic rings. The number of carbonyl (C=O) groups excluding carboxylic acids is 1. The van der Waals surface area contributed by atoms with Crippen molar-refractivity contribution >= 4 is 17.6 Å². The molecule has 0 saturated carbocycles. The number of nitrogens with zero attached hydrogens (tertiary/aromatic N) is 2. The van der Waals surface area contributed by atoms with E-state index in [1.54, 1.807) is 7.05 Å². The van der Waals surface area contributed by atoms with Crippen LogP contribution in [0.1, 0.15) is 25.7 Å². The molecular formula is C8H12N2O3. The summed E-state index contributed by atoms with van der Waals surface area (Å²) in [6.45, 7) is 0. The van der Waals surface area contributed by atoms with Gasteiger partial charge >= 0.3 is 5.97 Å². The number of carboxylic acid groups (broad SMARTS) is 1. The smallest absolute Gasteiger partial charge is 0.303 e. The minimum Gasteiger partial charge on any atom is -0.481 e. The Bertz CT molecular complexity index is 260. The minimum atomic E-state index is -0.831. The number of carbonyl (C=O) groups is 2. The summed E-state index contributed by atoms with van der Waals surface area (Å²) in [4.78, 5) is 21.2. The Labute approximate surface area is 76.0 Å². The van der Waals surface area contributed by atoms with Crippen LogP contribution in [0.25, 0.3) is 0 Å². The SMILES string of the molecule is CN1N=C(CCC(=O)O)CCC1=O. The average molecular weight is 184 g/mol. The lowest BCUT2D eigenvalue weighted by Gasteiger charge is -2.18. The number of hydrogen-bond donors (Lipinski definition) is 1. The van der Waals surface area contributed by atoms with E-state index in [1.807, 2.05) is 0 Å². The Morgan fingerprint density at radius 2 is 2.31 bits per heavy atom. The van der Waals surface area contributed by atoms with E-state index in [9.17, 15) is 9.59 Å². The van der Waals surface area contributed by atoms with Crippen molar-refractivity contribution in [2.75, 3.05) is 7.05 Å².